The van der Waals surface area contributed by atoms with Gasteiger partial charge in [-0.05, 0) is 50.2 Å². The lowest BCUT2D eigenvalue weighted by molar-refractivity contribution is 0.0934. The van der Waals surface area contributed by atoms with Crippen LogP contribution in [0, 0.1) is 0 Å². The summed E-state index contributed by atoms with van der Waals surface area (Å²) in [5, 5.41) is 3.02. The number of furan rings is 1. The van der Waals surface area contributed by atoms with E-state index in [2.05, 4.69) is 10.2 Å². The SMILES string of the molecule is O=C(NC[C@H](c1ccco1)N1CCCC1)c1ccccc1. The number of benzene rings is 1. The van der Waals surface area contributed by atoms with Crippen molar-refractivity contribution in [2.45, 2.75) is 18.9 Å². The molecule has 1 fully saturated rings. The summed E-state index contributed by atoms with van der Waals surface area (Å²) in [5.41, 5.74) is 0.692. The van der Waals surface area contributed by atoms with E-state index < -0.39 is 0 Å². The third kappa shape index (κ3) is 3.34. The van der Waals surface area contributed by atoms with E-state index in [1.165, 1.54) is 12.8 Å². The predicted octanol–water partition coefficient (Wildman–Crippen LogP) is 2.85. The molecule has 1 aromatic heterocycles. The average molecular weight is 284 g/mol. The fourth-order valence-corrected chi connectivity index (χ4v) is 2.82. The van der Waals surface area contributed by atoms with Gasteiger partial charge in [-0.15, -0.1) is 0 Å². The Morgan fingerprint density at radius 2 is 1.90 bits per heavy atom. The van der Waals surface area contributed by atoms with Crippen molar-refractivity contribution in [3.8, 4) is 0 Å². The second-order valence-corrected chi connectivity index (χ2v) is 5.35. The summed E-state index contributed by atoms with van der Waals surface area (Å²) in [6, 6.07) is 13.3. The number of nitrogens with zero attached hydrogens (tertiary/aromatic N) is 1. The minimum Gasteiger partial charge on any atom is -0.468 e. The molecule has 110 valence electrons. The highest BCUT2D eigenvalue weighted by Gasteiger charge is 2.25. The zero-order chi connectivity index (χ0) is 14.5. The second kappa shape index (κ2) is 6.59. The van der Waals surface area contributed by atoms with Crippen LogP contribution in [0.4, 0.5) is 0 Å². The van der Waals surface area contributed by atoms with Gasteiger partial charge in [0.25, 0.3) is 5.91 Å². The highest BCUT2D eigenvalue weighted by Crippen LogP contribution is 2.24. The van der Waals surface area contributed by atoms with Gasteiger partial charge in [0.05, 0.1) is 12.3 Å². The quantitative estimate of drug-likeness (QED) is 0.918. The minimum atomic E-state index is -0.0358. The first-order chi connectivity index (χ1) is 10.3. The number of hydrogen-bond acceptors (Lipinski definition) is 3. The van der Waals surface area contributed by atoms with E-state index in [-0.39, 0.29) is 11.9 Å². The maximum atomic E-state index is 12.2. The fraction of sp³-hybridized carbons (Fsp3) is 0.353. The van der Waals surface area contributed by atoms with Gasteiger partial charge in [0.15, 0.2) is 0 Å². The predicted molar refractivity (Wildman–Crippen MR) is 81.0 cm³/mol. The van der Waals surface area contributed by atoms with E-state index in [0.717, 1.165) is 18.8 Å². The first-order valence-corrected chi connectivity index (χ1v) is 7.45. The van der Waals surface area contributed by atoms with Crippen LogP contribution in [0.3, 0.4) is 0 Å². The second-order valence-electron chi connectivity index (χ2n) is 5.35. The fourth-order valence-electron chi connectivity index (χ4n) is 2.82. The van der Waals surface area contributed by atoms with Gasteiger partial charge in [-0.1, -0.05) is 18.2 Å². The van der Waals surface area contributed by atoms with E-state index in [0.29, 0.717) is 12.1 Å². The molecule has 1 aliphatic rings. The Morgan fingerprint density at radius 1 is 1.14 bits per heavy atom. The molecule has 1 atom stereocenters. The number of carbonyl (C=O) groups is 1. The lowest BCUT2D eigenvalue weighted by atomic mass is 10.1. The van der Waals surface area contributed by atoms with Crippen LogP contribution in [-0.2, 0) is 0 Å². The van der Waals surface area contributed by atoms with Gasteiger partial charge >= 0.3 is 0 Å². The summed E-state index contributed by atoms with van der Waals surface area (Å²) in [6.45, 7) is 2.69. The van der Waals surface area contributed by atoms with E-state index in [9.17, 15) is 4.79 Å². The Hall–Kier alpha value is -2.07. The van der Waals surface area contributed by atoms with Crippen molar-refractivity contribution in [1.82, 2.24) is 10.2 Å². The lowest BCUT2D eigenvalue weighted by Gasteiger charge is -2.26. The number of rotatable bonds is 5. The molecular formula is C17H20N2O2. The number of nitrogens with one attached hydrogen (secondary N) is 1. The van der Waals surface area contributed by atoms with Gasteiger partial charge in [0.1, 0.15) is 5.76 Å². The van der Waals surface area contributed by atoms with Gasteiger partial charge < -0.3 is 9.73 Å². The molecule has 2 heterocycles. The van der Waals surface area contributed by atoms with Crippen molar-refractivity contribution in [2.24, 2.45) is 0 Å². The molecule has 1 saturated heterocycles. The molecule has 4 nitrogen and oxygen atoms in total. The number of hydrogen-bond donors (Lipinski definition) is 1. The third-order valence-electron chi connectivity index (χ3n) is 3.94. The largest absolute Gasteiger partial charge is 0.468 e. The highest BCUT2D eigenvalue weighted by molar-refractivity contribution is 5.94. The molecule has 0 aliphatic carbocycles. The topological polar surface area (TPSA) is 45.5 Å². The molecule has 0 radical (unpaired) electrons. The number of amides is 1. The van der Waals surface area contributed by atoms with Crippen LogP contribution >= 0.6 is 0 Å². The van der Waals surface area contributed by atoms with E-state index in [4.69, 9.17) is 4.42 Å². The molecule has 0 saturated carbocycles. The molecule has 1 amide bonds. The molecule has 1 aliphatic heterocycles. The van der Waals surface area contributed by atoms with E-state index >= 15 is 0 Å². The van der Waals surface area contributed by atoms with Gasteiger partial charge in [-0.25, -0.2) is 0 Å². The zero-order valence-electron chi connectivity index (χ0n) is 12.0. The molecule has 4 heteroatoms. The Bertz CT molecular complexity index is 560. The minimum absolute atomic E-state index is 0.0358. The Kier molecular flexibility index (Phi) is 4.36. The van der Waals surface area contributed by atoms with Crippen LogP contribution in [0.5, 0.6) is 0 Å². The van der Waals surface area contributed by atoms with Crippen molar-refractivity contribution in [1.29, 1.82) is 0 Å². The maximum Gasteiger partial charge on any atom is 0.251 e. The van der Waals surface area contributed by atoms with Crippen LogP contribution in [0.15, 0.2) is 53.1 Å². The van der Waals surface area contributed by atoms with Gasteiger partial charge in [-0.3, -0.25) is 9.69 Å². The maximum absolute atomic E-state index is 12.2. The lowest BCUT2D eigenvalue weighted by Crippen LogP contribution is -2.36. The Balaban J connectivity index is 1.66. The van der Waals surface area contributed by atoms with Crippen LogP contribution in [-0.4, -0.2) is 30.4 Å². The molecule has 0 spiro atoms. The Morgan fingerprint density at radius 3 is 2.57 bits per heavy atom. The third-order valence-corrected chi connectivity index (χ3v) is 3.94. The van der Waals surface area contributed by atoms with Crippen molar-refractivity contribution >= 4 is 5.91 Å². The van der Waals surface area contributed by atoms with E-state index in [1.54, 1.807) is 6.26 Å². The van der Waals surface area contributed by atoms with Crippen molar-refractivity contribution < 1.29 is 9.21 Å². The average Bonchev–Trinajstić information content (AvgIpc) is 3.22. The first kappa shape index (κ1) is 13.9. The van der Waals surface area contributed by atoms with Crippen molar-refractivity contribution in [3.05, 3.63) is 60.1 Å². The highest BCUT2D eigenvalue weighted by atomic mass is 16.3. The first-order valence-electron chi connectivity index (χ1n) is 7.45. The zero-order valence-corrected chi connectivity index (χ0v) is 12.0. The molecule has 2 aromatic rings. The van der Waals surface area contributed by atoms with E-state index in [1.807, 2.05) is 42.5 Å². The van der Waals surface area contributed by atoms with Crippen molar-refractivity contribution in [2.75, 3.05) is 19.6 Å². The standard InChI is InChI=1S/C17H20N2O2/c20-17(14-7-2-1-3-8-14)18-13-15(16-9-6-12-21-16)19-10-4-5-11-19/h1-3,6-9,12,15H,4-5,10-11,13H2,(H,18,20)/t15-/m1/s1. The van der Waals surface area contributed by atoms with Gasteiger partial charge in [0, 0.05) is 12.1 Å². The summed E-state index contributed by atoms with van der Waals surface area (Å²) in [4.78, 5) is 14.6. The molecule has 21 heavy (non-hydrogen) atoms. The summed E-state index contributed by atoms with van der Waals surface area (Å²) in [6.07, 6.45) is 4.12. The molecule has 1 N–H and O–H groups in total. The smallest absolute Gasteiger partial charge is 0.251 e. The number of carbonyl (C=O) groups excluding carboxylic acids is 1. The van der Waals surface area contributed by atoms with Crippen LogP contribution < -0.4 is 5.32 Å². The monoisotopic (exact) mass is 284 g/mol. The van der Waals surface area contributed by atoms with Gasteiger partial charge in [0.2, 0.25) is 0 Å². The molecule has 3 rings (SSSR count). The van der Waals surface area contributed by atoms with Crippen LogP contribution in [0.1, 0.15) is 35.0 Å². The molecular weight excluding hydrogens is 264 g/mol. The molecule has 0 bridgehead atoms. The molecule has 1 aromatic carbocycles. The summed E-state index contributed by atoms with van der Waals surface area (Å²) in [7, 11) is 0. The summed E-state index contributed by atoms with van der Waals surface area (Å²) < 4.78 is 5.55. The van der Waals surface area contributed by atoms with Crippen LogP contribution in [0.25, 0.3) is 0 Å². The van der Waals surface area contributed by atoms with Crippen molar-refractivity contribution in [3.63, 3.8) is 0 Å². The normalized spacial score (nSPS) is 16.8. The summed E-state index contributed by atoms with van der Waals surface area (Å²) >= 11 is 0. The van der Waals surface area contributed by atoms with Gasteiger partial charge in [-0.2, -0.15) is 0 Å². The van der Waals surface area contributed by atoms with Crippen LogP contribution in [0.2, 0.25) is 0 Å². The molecule has 0 unspecified atom stereocenters. The Labute approximate surface area is 124 Å². The number of likely N-dealkylation sites (tertiary alicyclic amines) is 1. The summed E-state index contributed by atoms with van der Waals surface area (Å²) in [5.74, 6) is 0.886.